The van der Waals surface area contributed by atoms with Gasteiger partial charge in [-0.05, 0) is 42.2 Å². The first kappa shape index (κ1) is 23.3. The first-order chi connectivity index (χ1) is 17.3. The number of dihydropyridines is 1. The lowest BCUT2D eigenvalue weighted by molar-refractivity contribution is -0.137. The van der Waals surface area contributed by atoms with Gasteiger partial charge in [-0.25, -0.2) is 0 Å². The van der Waals surface area contributed by atoms with Crippen LogP contribution < -0.4 is 4.74 Å². The Morgan fingerprint density at radius 1 is 1.03 bits per heavy atom. The molecule has 5 nitrogen and oxygen atoms in total. The van der Waals surface area contributed by atoms with E-state index in [0.29, 0.717) is 26.2 Å². The minimum absolute atomic E-state index is 0.0704. The van der Waals surface area contributed by atoms with E-state index in [-0.39, 0.29) is 23.9 Å². The Morgan fingerprint density at radius 2 is 1.83 bits per heavy atom. The van der Waals surface area contributed by atoms with E-state index in [1.165, 1.54) is 11.1 Å². The molecule has 0 radical (unpaired) electrons. The maximum atomic E-state index is 13.3. The van der Waals surface area contributed by atoms with E-state index >= 15 is 0 Å². The van der Waals surface area contributed by atoms with Crippen LogP contribution in [0.2, 0.25) is 0 Å². The lowest BCUT2D eigenvalue weighted by Gasteiger charge is -2.46. The van der Waals surface area contributed by atoms with E-state index in [2.05, 4.69) is 58.5 Å². The smallest absolute Gasteiger partial charge is 0.231 e. The number of carbonyl (C=O) groups excluding carboxylic acids is 1. The van der Waals surface area contributed by atoms with Gasteiger partial charge in [0, 0.05) is 25.8 Å². The van der Waals surface area contributed by atoms with Crippen LogP contribution in [0.5, 0.6) is 5.75 Å². The highest BCUT2D eigenvalue weighted by Crippen LogP contribution is 2.36. The van der Waals surface area contributed by atoms with Gasteiger partial charge in [0.1, 0.15) is 12.4 Å². The van der Waals surface area contributed by atoms with Crippen LogP contribution in [0.4, 0.5) is 0 Å². The Kier molecular flexibility index (Phi) is 7.54. The van der Waals surface area contributed by atoms with Crippen molar-refractivity contribution in [1.29, 1.82) is 0 Å². The molecule has 2 aromatic carbocycles. The molecule has 1 saturated heterocycles. The number of benzene rings is 2. The van der Waals surface area contributed by atoms with Crippen LogP contribution in [-0.2, 0) is 4.79 Å². The van der Waals surface area contributed by atoms with Crippen LogP contribution in [0.3, 0.4) is 0 Å². The Labute approximate surface area is 208 Å². The van der Waals surface area contributed by atoms with Crippen LogP contribution in [0.15, 0.2) is 102 Å². The summed E-state index contributed by atoms with van der Waals surface area (Å²) in [6.07, 6.45) is 14.4. The van der Waals surface area contributed by atoms with Crippen LogP contribution in [0, 0.1) is 5.92 Å². The summed E-state index contributed by atoms with van der Waals surface area (Å²) >= 11 is 0. The SMILES string of the molecule is O=C(C1C=CC=NC1)N1CCN(C(C2=CC=CCC2)c2ccccc2)[C@H](COc2ccccc2)C1. The van der Waals surface area contributed by atoms with Crippen molar-refractivity contribution in [3.63, 3.8) is 0 Å². The van der Waals surface area contributed by atoms with Gasteiger partial charge in [0.15, 0.2) is 0 Å². The highest BCUT2D eigenvalue weighted by Gasteiger charge is 2.37. The van der Waals surface area contributed by atoms with E-state index in [4.69, 9.17) is 4.74 Å². The quantitative estimate of drug-likeness (QED) is 0.585. The monoisotopic (exact) mass is 467 g/mol. The van der Waals surface area contributed by atoms with E-state index in [1.54, 1.807) is 6.21 Å². The summed E-state index contributed by atoms with van der Waals surface area (Å²) in [7, 11) is 0. The van der Waals surface area contributed by atoms with Gasteiger partial charge < -0.3 is 9.64 Å². The third-order valence-electron chi connectivity index (χ3n) is 7.02. The van der Waals surface area contributed by atoms with E-state index < -0.39 is 0 Å². The molecular formula is C30H33N3O2. The standard InChI is InChI=1S/C30H33N3O2/c34-30(26-15-10-18-31-21-26)32-19-20-33(27(22-32)23-35-28-16-8-3-9-17-28)29(24-11-4-1-5-12-24)25-13-6-2-7-14-25/h1-6,8-13,15-18,26-27,29H,7,14,19-23H2/t26?,27-,29?/m0/s1. The first-order valence-electron chi connectivity index (χ1n) is 12.6. The van der Waals surface area contributed by atoms with Crippen molar-refractivity contribution in [1.82, 2.24) is 9.80 Å². The largest absolute Gasteiger partial charge is 0.492 e. The normalized spacial score (nSPS) is 23.1. The van der Waals surface area contributed by atoms with Crippen molar-refractivity contribution < 1.29 is 9.53 Å². The lowest BCUT2D eigenvalue weighted by Crippen LogP contribution is -2.58. The molecule has 3 aliphatic rings. The van der Waals surface area contributed by atoms with Crippen molar-refractivity contribution >= 4 is 12.1 Å². The van der Waals surface area contributed by atoms with Gasteiger partial charge in [-0.2, -0.15) is 0 Å². The summed E-state index contributed by atoms with van der Waals surface area (Å²) in [6, 6.07) is 21.0. The van der Waals surface area contributed by atoms with Crippen LogP contribution >= 0.6 is 0 Å². The number of piperazine rings is 1. The zero-order valence-corrected chi connectivity index (χ0v) is 20.1. The Bertz CT molecular complexity index is 1110. The topological polar surface area (TPSA) is 45.1 Å². The molecule has 2 heterocycles. The zero-order valence-electron chi connectivity index (χ0n) is 20.1. The van der Waals surface area contributed by atoms with Gasteiger partial charge in [-0.3, -0.25) is 14.7 Å². The van der Waals surface area contributed by atoms with Crippen molar-refractivity contribution in [2.75, 3.05) is 32.8 Å². The molecule has 1 amide bonds. The number of para-hydroxylation sites is 1. The molecule has 2 unspecified atom stereocenters. The molecule has 0 N–H and O–H groups in total. The van der Waals surface area contributed by atoms with E-state index in [1.807, 2.05) is 47.4 Å². The molecule has 5 heteroatoms. The van der Waals surface area contributed by atoms with Gasteiger partial charge >= 0.3 is 0 Å². The minimum Gasteiger partial charge on any atom is -0.492 e. The maximum absolute atomic E-state index is 13.3. The summed E-state index contributed by atoms with van der Waals surface area (Å²) < 4.78 is 6.27. The number of amides is 1. The number of ether oxygens (including phenoxy) is 1. The summed E-state index contributed by atoms with van der Waals surface area (Å²) in [5, 5.41) is 0. The molecule has 2 aromatic rings. The molecule has 2 aliphatic heterocycles. The van der Waals surface area contributed by atoms with E-state index in [0.717, 1.165) is 25.1 Å². The molecule has 0 aromatic heterocycles. The second-order valence-corrected chi connectivity index (χ2v) is 9.33. The van der Waals surface area contributed by atoms with Gasteiger partial charge in [0.25, 0.3) is 0 Å². The molecule has 0 bridgehead atoms. The van der Waals surface area contributed by atoms with Crippen molar-refractivity contribution in [2.45, 2.75) is 24.9 Å². The summed E-state index contributed by atoms with van der Waals surface area (Å²) in [5.41, 5.74) is 2.72. The van der Waals surface area contributed by atoms with Crippen molar-refractivity contribution in [3.05, 3.63) is 102 Å². The second-order valence-electron chi connectivity index (χ2n) is 9.33. The average molecular weight is 468 g/mol. The number of allylic oxidation sites excluding steroid dienone is 4. The summed E-state index contributed by atoms with van der Waals surface area (Å²) in [6.45, 7) is 3.22. The van der Waals surface area contributed by atoms with Gasteiger partial charge in [0.05, 0.1) is 24.5 Å². The number of rotatable bonds is 7. The first-order valence-corrected chi connectivity index (χ1v) is 12.6. The van der Waals surface area contributed by atoms with Crippen LogP contribution in [-0.4, -0.2) is 60.7 Å². The second kappa shape index (κ2) is 11.3. The number of hydrogen-bond acceptors (Lipinski definition) is 4. The Morgan fingerprint density at radius 3 is 2.54 bits per heavy atom. The number of hydrogen-bond donors (Lipinski definition) is 0. The zero-order chi connectivity index (χ0) is 23.9. The molecular weight excluding hydrogens is 434 g/mol. The predicted molar refractivity (Wildman–Crippen MR) is 141 cm³/mol. The maximum Gasteiger partial charge on any atom is 0.231 e. The number of carbonyl (C=O) groups is 1. The van der Waals surface area contributed by atoms with Gasteiger partial charge in [-0.15, -0.1) is 0 Å². The molecule has 35 heavy (non-hydrogen) atoms. The molecule has 1 aliphatic carbocycles. The van der Waals surface area contributed by atoms with Crippen molar-refractivity contribution in [2.24, 2.45) is 10.9 Å². The minimum atomic E-state index is -0.168. The van der Waals surface area contributed by atoms with Gasteiger partial charge in [0.2, 0.25) is 5.91 Å². The third-order valence-corrected chi connectivity index (χ3v) is 7.02. The molecule has 0 spiro atoms. The number of nitrogens with zero attached hydrogens (tertiary/aromatic N) is 3. The highest BCUT2D eigenvalue weighted by atomic mass is 16.5. The van der Waals surface area contributed by atoms with Crippen LogP contribution in [0.1, 0.15) is 24.4 Å². The average Bonchev–Trinajstić information content (AvgIpc) is 2.94. The predicted octanol–water partition coefficient (Wildman–Crippen LogP) is 4.85. The summed E-state index contributed by atoms with van der Waals surface area (Å²) in [4.78, 5) is 22.2. The molecule has 5 rings (SSSR count). The fourth-order valence-electron chi connectivity index (χ4n) is 5.24. The molecule has 3 atom stereocenters. The molecule has 0 saturated carbocycles. The molecule has 1 fully saturated rings. The Balaban J connectivity index is 1.42. The lowest BCUT2D eigenvalue weighted by atomic mass is 9.89. The Hall–Kier alpha value is -3.44. The van der Waals surface area contributed by atoms with E-state index in [9.17, 15) is 4.79 Å². The fourth-order valence-corrected chi connectivity index (χ4v) is 5.24. The summed E-state index contributed by atoms with van der Waals surface area (Å²) in [5.74, 6) is 0.855. The fraction of sp³-hybridized carbons (Fsp3) is 0.333. The third kappa shape index (κ3) is 5.63. The van der Waals surface area contributed by atoms with Crippen LogP contribution in [0.25, 0.3) is 0 Å². The highest BCUT2D eigenvalue weighted by molar-refractivity contribution is 5.84. The molecule has 180 valence electrons. The van der Waals surface area contributed by atoms with Crippen molar-refractivity contribution in [3.8, 4) is 5.75 Å². The number of aliphatic imine (C=N–C) groups is 1. The van der Waals surface area contributed by atoms with Gasteiger partial charge in [-0.1, -0.05) is 72.8 Å².